The molecule has 0 saturated carbocycles. The van der Waals surface area contributed by atoms with Gasteiger partial charge in [-0.3, -0.25) is 4.79 Å². The van der Waals surface area contributed by atoms with Gasteiger partial charge in [-0.2, -0.15) is 0 Å². The van der Waals surface area contributed by atoms with E-state index in [1.54, 1.807) is 12.1 Å². The molecule has 1 heterocycles. The summed E-state index contributed by atoms with van der Waals surface area (Å²) >= 11 is 0. The molecular formula is C11H8N2O4. The van der Waals surface area contributed by atoms with Gasteiger partial charge in [0.25, 0.3) is 5.91 Å². The van der Waals surface area contributed by atoms with E-state index in [-0.39, 0.29) is 11.3 Å². The molecule has 86 valence electrons. The summed E-state index contributed by atoms with van der Waals surface area (Å²) in [6.45, 7) is 0. The molecule has 1 aromatic carbocycles. The van der Waals surface area contributed by atoms with Crippen LogP contribution >= 0.6 is 0 Å². The summed E-state index contributed by atoms with van der Waals surface area (Å²) in [6.07, 6.45) is 2.35. The number of oxazole rings is 1. The normalized spacial score (nSPS) is 9.88. The van der Waals surface area contributed by atoms with Gasteiger partial charge in [0.05, 0.1) is 5.56 Å². The van der Waals surface area contributed by atoms with Crippen LogP contribution in [0.1, 0.15) is 20.8 Å². The number of nitrogens with one attached hydrogen (secondary N) is 1. The fourth-order valence-corrected chi connectivity index (χ4v) is 1.25. The third-order valence-corrected chi connectivity index (χ3v) is 2.03. The summed E-state index contributed by atoms with van der Waals surface area (Å²) < 4.78 is 4.67. The summed E-state index contributed by atoms with van der Waals surface area (Å²) in [6, 6.07) is 5.93. The maximum absolute atomic E-state index is 11.6. The maximum atomic E-state index is 11.6. The molecule has 0 fully saturated rings. The number of amides is 1. The Kier molecular flexibility index (Phi) is 2.87. The first-order valence-electron chi connectivity index (χ1n) is 4.70. The molecular weight excluding hydrogens is 224 g/mol. The highest BCUT2D eigenvalue weighted by molar-refractivity contribution is 6.03. The molecule has 6 heteroatoms. The van der Waals surface area contributed by atoms with E-state index in [4.69, 9.17) is 5.11 Å². The van der Waals surface area contributed by atoms with Crippen LogP contribution in [-0.4, -0.2) is 22.0 Å². The van der Waals surface area contributed by atoms with Crippen LogP contribution in [0.4, 0.5) is 5.69 Å². The van der Waals surface area contributed by atoms with Crippen LogP contribution in [-0.2, 0) is 0 Å². The molecule has 0 atom stereocenters. The van der Waals surface area contributed by atoms with Crippen molar-refractivity contribution in [1.29, 1.82) is 0 Å². The molecule has 2 aromatic rings. The van der Waals surface area contributed by atoms with Gasteiger partial charge in [0.1, 0.15) is 6.26 Å². The minimum absolute atomic E-state index is 0.1000. The molecule has 6 nitrogen and oxygen atoms in total. The number of aromatic nitrogens is 1. The number of rotatable bonds is 3. The summed E-state index contributed by atoms with van der Waals surface area (Å²) in [5, 5.41) is 11.3. The molecule has 0 radical (unpaired) electrons. The van der Waals surface area contributed by atoms with Crippen molar-refractivity contribution in [3.63, 3.8) is 0 Å². The van der Waals surface area contributed by atoms with E-state index in [1.165, 1.54) is 18.4 Å². The molecule has 0 unspecified atom stereocenters. The fraction of sp³-hybridized carbons (Fsp3) is 0. The van der Waals surface area contributed by atoms with Crippen molar-refractivity contribution in [2.45, 2.75) is 0 Å². The minimum Gasteiger partial charge on any atom is -0.478 e. The van der Waals surface area contributed by atoms with Crippen LogP contribution in [0.3, 0.4) is 0 Å². The smallest absolute Gasteiger partial charge is 0.335 e. The lowest BCUT2D eigenvalue weighted by Gasteiger charge is -2.03. The number of carbonyl (C=O) groups is 2. The first kappa shape index (κ1) is 10.9. The van der Waals surface area contributed by atoms with Crippen molar-refractivity contribution in [2.24, 2.45) is 0 Å². The zero-order valence-corrected chi connectivity index (χ0v) is 8.58. The Balaban J connectivity index is 2.16. The highest BCUT2D eigenvalue weighted by Crippen LogP contribution is 2.11. The Labute approximate surface area is 95.9 Å². The van der Waals surface area contributed by atoms with E-state index >= 15 is 0 Å². The Morgan fingerprint density at radius 3 is 2.82 bits per heavy atom. The van der Waals surface area contributed by atoms with Crippen LogP contribution in [0.5, 0.6) is 0 Å². The van der Waals surface area contributed by atoms with Crippen molar-refractivity contribution < 1.29 is 19.1 Å². The number of benzene rings is 1. The summed E-state index contributed by atoms with van der Waals surface area (Å²) in [5.74, 6) is -1.51. The average molecular weight is 232 g/mol. The quantitative estimate of drug-likeness (QED) is 0.838. The zero-order valence-electron chi connectivity index (χ0n) is 8.58. The third kappa shape index (κ3) is 2.49. The molecule has 2 N–H and O–H groups in total. The fourth-order valence-electron chi connectivity index (χ4n) is 1.25. The molecule has 0 saturated heterocycles. The largest absolute Gasteiger partial charge is 0.478 e. The maximum Gasteiger partial charge on any atom is 0.335 e. The Morgan fingerprint density at radius 2 is 2.18 bits per heavy atom. The van der Waals surface area contributed by atoms with Crippen LogP contribution in [0.2, 0.25) is 0 Å². The Bertz CT molecular complexity index is 548. The molecule has 0 bridgehead atoms. The van der Waals surface area contributed by atoms with E-state index in [9.17, 15) is 9.59 Å². The number of hydrogen-bond donors (Lipinski definition) is 2. The molecule has 0 aliphatic heterocycles. The number of nitrogens with zero attached hydrogens (tertiary/aromatic N) is 1. The summed E-state index contributed by atoms with van der Waals surface area (Å²) in [5.41, 5.74) is 0.617. The van der Waals surface area contributed by atoms with Gasteiger partial charge in [0, 0.05) is 5.69 Å². The molecule has 17 heavy (non-hydrogen) atoms. The Morgan fingerprint density at radius 1 is 1.35 bits per heavy atom. The first-order chi connectivity index (χ1) is 8.16. The predicted molar refractivity (Wildman–Crippen MR) is 57.9 cm³/mol. The van der Waals surface area contributed by atoms with Gasteiger partial charge in [-0.15, -0.1) is 0 Å². The second-order valence-corrected chi connectivity index (χ2v) is 3.21. The molecule has 1 amide bonds. The van der Waals surface area contributed by atoms with Crippen LogP contribution in [0.15, 0.2) is 41.3 Å². The van der Waals surface area contributed by atoms with Crippen LogP contribution in [0, 0.1) is 0 Å². The highest BCUT2D eigenvalue weighted by atomic mass is 16.4. The van der Waals surface area contributed by atoms with Crippen LogP contribution < -0.4 is 5.32 Å². The number of aromatic carboxylic acids is 1. The second kappa shape index (κ2) is 4.48. The second-order valence-electron chi connectivity index (χ2n) is 3.21. The lowest BCUT2D eigenvalue weighted by Crippen LogP contribution is -2.12. The highest BCUT2D eigenvalue weighted by Gasteiger charge is 2.10. The predicted octanol–water partition coefficient (Wildman–Crippen LogP) is 1.63. The van der Waals surface area contributed by atoms with Gasteiger partial charge in [-0.1, -0.05) is 6.07 Å². The van der Waals surface area contributed by atoms with Crippen molar-refractivity contribution in [3.05, 3.63) is 48.2 Å². The molecule has 1 aromatic heterocycles. The van der Waals surface area contributed by atoms with Crippen molar-refractivity contribution in [2.75, 3.05) is 5.32 Å². The average Bonchev–Trinajstić information content (AvgIpc) is 2.82. The Hall–Kier alpha value is -2.63. The molecule has 0 aliphatic carbocycles. The number of hydrogen-bond acceptors (Lipinski definition) is 4. The first-order valence-corrected chi connectivity index (χ1v) is 4.70. The van der Waals surface area contributed by atoms with Gasteiger partial charge in [0.2, 0.25) is 0 Å². The third-order valence-electron chi connectivity index (χ3n) is 2.03. The van der Waals surface area contributed by atoms with Crippen molar-refractivity contribution in [1.82, 2.24) is 4.98 Å². The van der Waals surface area contributed by atoms with Crippen LogP contribution in [0.25, 0.3) is 0 Å². The molecule has 0 spiro atoms. The lowest BCUT2D eigenvalue weighted by molar-refractivity contribution is 0.0696. The van der Waals surface area contributed by atoms with Gasteiger partial charge in [-0.05, 0) is 18.2 Å². The summed E-state index contributed by atoms with van der Waals surface area (Å²) in [4.78, 5) is 26.0. The van der Waals surface area contributed by atoms with E-state index in [2.05, 4.69) is 14.7 Å². The lowest BCUT2D eigenvalue weighted by atomic mass is 10.2. The van der Waals surface area contributed by atoms with Gasteiger partial charge in [0.15, 0.2) is 12.1 Å². The molecule has 0 aliphatic rings. The van der Waals surface area contributed by atoms with Gasteiger partial charge in [-0.25, -0.2) is 9.78 Å². The number of anilines is 1. The number of carboxylic acid groups (broad SMARTS) is 1. The van der Waals surface area contributed by atoms with Crippen molar-refractivity contribution >= 4 is 17.6 Å². The monoisotopic (exact) mass is 232 g/mol. The van der Waals surface area contributed by atoms with E-state index in [0.717, 1.165) is 6.39 Å². The SMILES string of the molecule is O=C(O)c1cccc(NC(=O)c2cocn2)c1. The van der Waals surface area contributed by atoms with Crippen molar-refractivity contribution in [3.8, 4) is 0 Å². The summed E-state index contributed by atoms with van der Waals surface area (Å²) in [7, 11) is 0. The van der Waals surface area contributed by atoms with Gasteiger partial charge >= 0.3 is 5.97 Å². The number of carboxylic acids is 1. The standard InChI is InChI=1S/C11H8N2O4/c14-10(9-5-17-6-12-9)13-8-3-1-2-7(4-8)11(15)16/h1-6H,(H,13,14)(H,15,16). The van der Waals surface area contributed by atoms with E-state index in [1.807, 2.05) is 0 Å². The zero-order chi connectivity index (χ0) is 12.3. The number of carbonyl (C=O) groups excluding carboxylic acids is 1. The topological polar surface area (TPSA) is 92.4 Å². The van der Waals surface area contributed by atoms with E-state index < -0.39 is 11.9 Å². The minimum atomic E-state index is -1.05. The van der Waals surface area contributed by atoms with E-state index in [0.29, 0.717) is 5.69 Å². The van der Waals surface area contributed by atoms with Gasteiger partial charge < -0.3 is 14.8 Å². The molecule has 2 rings (SSSR count).